The van der Waals surface area contributed by atoms with E-state index >= 15 is 0 Å². The fourth-order valence-corrected chi connectivity index (χ4v) is 2.19. The Morgan fingerprint density at radius 1 is 1.05 bits per heavy atom. The van der Waals surface area contributed by atoms with Gasteiger partial charge >= 0.3 is 5.97 Å². The molecule has 0 aliphatic rings. The zero-order chi connectivity index (χ0) is 14.7. The molecule has 2 aromatic carbocycles. The largest absolute Gasteiger partial charge is 0.478 e. The molecular formula is C15H12BrNO3. The Labute approximate surface area is 124 Å². The molecule has 0 fully saturated rings. The van der Waals surface area contributed by atoms with Crippen molar-refractivity contribution in [2.45, 2.75) is 6.92 Å². The number of anilines is 1. The first-order valence-corrected chi connectivity index (χ1v) is 6.67. The van der Waals surface area contributed by atoms with Gasteiger partial charge in [-0.1, -0.05) is 33.6 Å². The number of rotatable bonds is 3. The number of halogens is 1. The molecule has 2 N–H and O–H groups in total. The van der Waals surface area contributed by atoms with Crippen molar-refractivity contribution in [2.24, 2.45) is 0 Å². The van der Waals surface area contributed by atoms with Gasteiger partial charge in [0.15, 0.2) is 0 Å². The first-order valence-electron chi connectivity index (χ1n) is 5.87. The van der Waals surface area contributed by atoms with Crippen molar-refractivity contribution in [1.82, 2.24) is 0 Å². The molecule has 4 nitrogen and oxygen atoms in total. The van der Waals surface area contributed by atoms with Crippen LogP contribution in [0.5, 0.6) is 0 Å². The second kappa shape index (κ2) is 5.88. The highest BCUT2D eigenvalue weighted by Gasteiger charge is 2.09. The molecule has 0 saturated heterocycles. The molecule has 5 heteroatoms. The van der Waals surface area contributed by atoms with Gasteiger partial charge in [0, 0.05) is 15.7 Å². The maximum absolute atomic E-state index is 12.0. The summed E-state index contributed by atoms with van der Waals surface area (Å²) in [6.07, 6.45) is 0. The quantitative estimate of drug-likeness (QED) is 0.899. The second-order valence-electron chi connectivity index (χ2n) is 4.35. The minimum absolute atomic E-state index is 0.110. The average Bonchev–Trinajstić information content (AvgIpc) is 2.38. The fourth-order valence-electron chi connectivity index (χ4n) is 1.69. The predicted molar refractivity (Wildman–Crippen MR) is 80.2 cm³/mol. The minimum Gasteiger partial charge on any atom is -0.478 e. The van der Waals surface area contributed by atoms with E-state index < -0.39 is 5.97 Å². The maximum Gasteiger partial charge on any atom is 0.335 e. The summed E-state index contributed by atoms with van der Waals surface area (Å²) in [5.41, 5.74) is 2.13. The molecule has 0 aliphatic carbocycles. The molecule has 0 saturated carbocycles. The highest BCUT2D eigenvalue weighted by atomic mass is 79.9. The van der Waals surface area contributed by atoms with Crippen LogP contribution in [0.3, 0.4) is 0 Å². The summed E-state index contributed by atoms with van der Waals surface area (Å²) in [4.78, 5) is 23.0. The van der Waals surface area contributed by atoms with E-state index in [9.17, 15) is 9.59 Å². The van der Waals surface area contributed by atoms with Gasteiger partial charge in [-0.25, -0.2) is 4.79 Å². The number of hydrogen-bond acceptors (Lipinski definition) is 2. The zero-order valence-electron chi connectivity index (χ0n) is 10.7. The van der Waals surface area contributed by atoms with Gasteiger partial charge in [0.05, 0.1) is 5.56 Å². The molecule has 0 spiro atoms. The Hall–Kier alpha value is -2.14. The average molecular weight is 334 g/mol. The van der Waals surface area contributed by atoms with E-state index in [4.69, 9.17) is 5.11 Å². The second-order valence-corrected chi connectivity index (χ2v) is 5.27. The highest BCUT2D eigenvalue weighted by molar-refractivity contribution is 9.10. The number of aromatic carboxylic acids is 1. The van der Waals surface area contributed by atoms with E-state index in [1.807, 2.05) is 19.1 Å². The molecule has 0 radical (unpaired) electrons. The summed E-state index contributed by atoms with van der Waals surface area (Å²) in [6.45, 7) is 1.94. The first kappa shape index (κ1) is 14.3. The molecule has 0 unspecified atom stereocenters. The van der Waals surface area contributed by atoms with E-state index in [2.05, 4.69) is 21.2 Å². The number of carbonyl (C=O) groups excluding carboxylic acids is 1. The first-order chi connectivity index (χ1) is 9.45. The molecular weight excluding hydrogens is 322 g/mol. The number of carboxylic acid groups (broad SMARTS) is 1. The van der Waals surface area contributed by atoms with Gasteiger partial charge in [-0.15, -0.1) is 0 Å². The SMILES string of the molecule is Cc1ccc(C(=O)Nc2cc(Br)cc(C(=O)O)c2)cc1. The molecule has 2 rings (SSSR count). The van der Waals surface area contributed by atoms with Crippen LogP contribution in [0.1, 0.15) is 26.3 Å². The monoisotopic (exact) mass is 333 g/mol. The summed E-state index contributed by atoms with van der Waals surface area (Å²) in [5.74, 6) is -1.32. The maximum atomic E-state index is 12.0. The van der Waals surface area contributed by atoms with Crippen molar-refractivity contribution >= 4 is 33.5 Å². The van der Waals surface area contributed by atoms with Gasteiger partial charge < -0.3 is 10.4 Å². The Bertz CT molecular complexity index is 665. The lowest BCUT2D eigenvalue weighted by Crippen LogP contribution is -2.12. The molecule has 0 heterocycles. The molecule has 102 valence electrons. The van der Waals surface area contributed by atoms with E-state index in [1.54, 1.807) is 18.2 Å². The summed E-state index contributed by atoms with van der Waals surface area (Å²) in [5, 5.41) is 11.7. The summed E-state index contributed by atoms with van der Waals surface area (Å²) < 4.78 is 0.594. The number of amides is 1. The van der Waals surface area contributed by atoms with E-state index in [0.717, 1.165) is 5.56 Å². The van der Waals surface area contributed by atoms with Crippen molar-refractivity contribution in [2.75, 3.05) is 5.32 Å². The predicted octanol–water partition coefficient (Wildman–Crippen LogP) is 3.71. The third-order valence-electron chi connectivity index (χ3n) is 2.72. The van der Waals surface area contributed by atoms with Crippen LogP contribution in [0.2, 0.25) is 0 Å². The smallest absolute Gasteiger partial charge is 0.335 e. The van der Waals surface area contributed by atoms with Crippen LogP contribution in [0.4, 0.5) is 5.69 Å². The van der Waals surface area contributed by atoms with Crippen molar-refractivity contribution in [3.63, 3.8) is 0 Å². The lowest BCUT2D eigenvalue weighted by Gasteiger charge is -2.07. The van der Waals surface area contributed by atoms with Crippen LogP contribution in [0, 0.1) is 6.92 Å². The van der Waals surface area contributed by atoms with Crippen molar-refractivity contribution in [3.05, 3.63) is 63.6 Å². The molecule has 0 aliphatic heterocycles. The van der Waals surface area contributed by atoms with Gasteiger partial charge in [0.25, 0.3) is 5.91 Å². The van der Waals surface area contributed by atoms with Crippen LogP contribution in [0.25, 0.3) is 0 Å². The molecule has 0 aromatic heterocycles. The third-order valence-corrected chi connectivity index (χ3v) is 3.17. The Morgan fingerprint density at radius 3 is 2.30 bits per heavy atom. The van der Waals surface area contributed by atoms with Crippen LogP contribution < -0.4 is 5.32 Å². The van der Waals surface area contributed by atoms with E-state index in [0.29, 0.717) is 15.7 Å². The lowest BCUT2D eigenvalue weighted by molar-refractivity contribution is 0.0696. The number of carboxylic acids is 1. The Morgan fingerprint density at radius 2 is 1.70 bits per heavy atom. The molecule has 2 aromatic rings. The van der Waals surface area contributed by atoms with Crippen LogP contribution in [0.15, 0.2) is 46.9 Å². The number of aryl methyl sites for hydroxylation is 1. The number of hydrogen-bond donors (Lipinski definition) is 2. The van der Waals surface area contributed by atoms with Crippen molar-refractivity contribution < 1.29 is 14.7 Å². The summed E-state index contributed by atoms with van der Waals surface area (Å²) >= 11 is 3.22. The number of nitrogens with one attached hydrogen (secondary N) is 1. The fraction of sp³-hybridized carbons (Fsp3) is 0.0667. The standard InChI is InChI=1S/C15H12BrNO3/c1-9-2-4-10(5-3-9)14(18)17-13-7-11(15(19)20)6-12(16)8-13/h2-8H,1H3,(H,17,18)(H,19,20). The normalized spacial score (nSPS) is 10.1. The minimum atomic E-state index is -1.04. The molecule has 0 atom stereocenters. The van der Waals surface area contributed by atoms with Gasteiger partial charge in [0.1, 0.15) is 0 Å². The van der Waals surface area contributed by atoms with Crippen molar-refractivity contribution in [1.29, 1.82) is 0 Å². The highest BCUT2D eigenvalue weighted by Crippen LogP contribution is 2.20. The van der Waals surface area contributed by atoms with Gasteiger partial charge in [-0.3, -0.25) is 4.79 Å². The number of benzene rings is 2. The molecule has 1 amide bonds. The Kier molecular flexibility index (Phi) is 4.20. The topological polar surface area (TPSA) is 66.4 Å². The van der Waals surface area contributed by atoms with Crippen LogP contribution in [-0.4, -0.2) is 17.0 Å². The van der Waals surface area contributed by atoms with Gasteiger partial charge in [-0.2, -0.15) is 0 Å². The summed E-state index contributed by atoms with van der Waals surface area (Å²) in [6, 6.07) is 11.7. The Balaban J connectivity index is 2.23. The van der Waals surface area contributed by atoms with E-state index in [-0.39, 0.29) is 11.5 Å². The zero-order valence-corrected chi connectivity index (χ0v) is 12.3. The van der Waals surface area contributed by atoms with Crippen molar-refractivity contribution in [3.8, 4) is 0 Å². The van der Waals surface area contributed by atoms with E-state index in [1.165, 1.54) is 12.1 Å². The van der Waals surface area contributed by atoms with Crippen LogP contribution in [-0.2, 0) is 0 Å². The third kappa shape index (κ3) is 3.45. The molecule has 20 heavy (non-hydrogen) atoms. The van der Waals surface area contributed by atoms with Gasteiger partial charge in [-0.05, 0) is 37.3 Å². The van der Waals surface area contributed by atoms with Gasteiger partial charge in [0.2, 0.25) is 0 Å². The summed E-state index contributed by atoms with van der Waals surface area (Å²) in [7, 11) is 0. The number of carbonyl (C=O) groups is 2. The van der Waals surface area contributed by atoms with Crippen LogP contribution >= 0.6 is 15.9 Å². The molecule has 0 bridgehead atoms. The lowest BCUT2D eigenvalue weighted by atomic mass is 10.1.